The number of unbranched alkanes of at least 4 members (excludes halogenated alkanes) is 2. The van der Waals surface area contributed by atoms with Crippen LogP contribution in [0.1, 0.15) is 79.1 Å². The Morgan fingerprint density at radius 3 is 1.28 bits per heavy atom. The summed E-state index contributed by atoms with van der Waals surface area (Å²) in [6.45, 7) is 9.52. The molecule has 0 bridgehead atoms. The average molecular weight is 403 g/mol. The summed E-state index contributed by atoms with van der Waals surface area (Å²) in [5.41, 5.74) is 0. The van der Waals surface area contributed by atoms with Crippen LogP contribution < -0.4 is 20.8 Å². The molecule has 0 saturated carbocycles. The van der Waals surface area contributed by atoms with Crippen molar-refractivity contribution < 1.29 is 36.6 Å². The van der Waals surface area contributed by atoms with E-state index in [1.165, 1.54) is 25.7 Å². The Morgan fingerprint density at radius 2 is 1.08 bits per heavy atom. The maximum absolute atomic E-state index is 10.1. The monoisotopic (exact) mass is 403 g/mol. The molecule has 6 nitrogen and oxygen atoms in total. The fraction of sp³-hybridized carbons (Fsp3) is 0.889. The second-order valence-corrected chi connectivity index (χ2v) is 6.17. The van der Waals surface area contributed by atoms with Crippen LogP contribution in [0.3, 0.4) is 0 Å². The molecule has 7 heteroatoms. The SMILES string of the molecule is CCCCC(CC)CNC(=O)[O-].CCCCC(CC)CNC(=O)[O-].[Co+2]. The normalized spacial score (nSPS) is 12.0. The van der Waals surface area contributed by atoms with E-state index in [0.717, 1.165) is 25.7 Å². The van der Waals surface area contributed by atoms with Crippen molar-refractivity contribution in [3.63, 3.8) is 0 Å². The molecule has 2 unspecified atom stereocenters. The van der Waals surface area contributed by atoms with Crippen molar-refractivity contribution in [1.29, 1.82) is 0 Å². The Labute approximate surface area is 163 Å². The van der Waals surface area contributed by atoms with E-state index in [1.54, 1.807) is 0 Å². The van der Waals surface area contributed by atoms with Gasteiger partial charge >= 0.3 is 16.8 Å². The van der Waals surface area contributed by atoms with Gasteiger partial charge in [-0.25, -0.2) is 0 Å². The first-order valence-corrected chi connectivity index (χ1v) is 9.30. The summed E-state index contributed by atoms with van der Waals surface area (Å²) in [7, 11) is 0. The number of carbonyl (C=O) groups excluding carboxylic acids is 2. The summed E-state index contributed by atoms with van der Waals surface area (Å²) in [5.74, 6) is 0.950. The van der Waals surface area contributed by atoms with Crippen molar-refractivity contribution in [2.45, 2.75) is 79.1 Å². The van der Waals surface area contributed by atoms with Crippen LogP contribution in [0.25, 0.3) is 0 Å². The van der Waals surface area contributed by atoms with E-state index in [1.807, 2.05) is 0 Å². The molecule has 0 fully saturated rings. The van der Waals surface area contributed by atoms with Gasteiger partial charge in [0.1, 0.15) is 12.2 Å². The topological polar surface area (TPSA) is 104 Å². The molecule has 25 heavy (non-hydrogen) atoms. The smallest absolute Gasteiger partial charge is 0.530 e. The van der Waals surface area contributed by atoms with Crippen molar-refractivity contribution in [3.8, 4) is 0 Å². The minimum absolute atomic E-state index is 0. The first-order valence-electron chi connectivity index (χ1n) is 9.30. The Hall–Kier alpha value is -0.954. The zero-order valence-electron chi connectivity index (χ0n) is 16.2. The third kappa shape index (κ3) is 23.0. The minimum Gasteiger partial charge on any atom is -0.530 e. The Kier molecular flexibility index (Phi) is 24.3. The van der Waals surface area contributed by atoms with Crippen LogP contribution in [-0.4, -0.2) is 25.3 Å². The maximum Gasteiger partial charge on any atom is 2.00 e. The van der Waals surface area contributed by atoms with Crippen molar-refractivity contribution in [3.05, 3.63) is 0 Å². The molecule has 0 aromatic rings. The summed E-state index contributed by atoms with van der Waals surface area (Å²) in [5, 5.41) is 24.8. The first-order chi connectivity index (χ1) is 11.4. The van der Waals surface area contributed by atoms with Gasteiger partial charge in [0.25, 0.3) is 0 Å². The number of carbonyl (C=O) groups is 2. The van der Waals surface area contributed by atoms with Crippen LogP contribution in [0.2, 0.25) is 0 Å². The maximum atomic E-state index is 10.1. The number of carboxylic acid groups (broad SMARTS) is 2. The molecule has 0 aliphatic rings. The Balaban J connectivity index is -0.000000372. The van der Waals surface area contributed by atoms with Gasteiger partial charge in [-0.15, -0.1) is 0 Å². The molecule has 0 aromatic heterocycles. The number of hydrogen-bond acceptors (Lipinski definition) is 4. The molecule has 0 heterocycles. The van der Waals surface area contributed by atoms with Gasteiger partial charge in [0.15, 0.2) is 0 Å². The van der Waals surface area contributed by atoms with E-state index < -0.39 is 12.2 Å². The summed E-state index contributed by atoms with van der Waals surface area (Å²) in [6.07, 6.45) is 6.63. The fourth-order valence-corrected chi connectivity index (χ4v) is 2.34. The largest absolute Gasteiger partial charge is 2.00 e. The molecule has 0 aliphatic carbocycles. The first kappa shape index (κ1) is 28.8. The van der Waals surface area contributed by atoms with Crippen molar-refractivity contribution in [1.82, 2.24) is 10.6 Å². The van der Waals surface area contributed by atoms with Crippen LogP contribution in [-0.2, 0) is 16.8 Å². The molecule has 2 amide bonds. The fourth-order valence-electron chi connectivity index (χ4n) is 2.34. The van der Waals surface area contributed by atoms with E-state index >= 15 is 0 Å². The molecule has 2 N–H and O–H groups in total. The summed E-state index contributed by atoms with van der Waals surface area (Å²) >= 11 is 0. The van der Waals surface area contributed by atoms with Crippen molar-refractivity contribution in [2.24, 2.45) is 11.8 Å². The van der Waals surface area contributed by atoms with E-state index in [0.29, 0.717) is 24.9 Å². The van der Waals surface area contributed by atoms with Crippen LogP contribution >= 0.6 is 0 Å². The van der Waals surface area contributed by atoms with Gasteiger partial charge in [0.05, 0.1) is 0 Å². The second kappa shape index (κ2) is 21.1. The van der Waals surface area contributed by atoms with Gasteiger partial charge in [-0.05, 0) is 24.7 Å². The molecule has 0 rings (SSSR count). The predicted octanol–water partition coefficient (Wildman–Crippen LogP) is 2.27. The molecule has 0 spiro atoms. The van der Waals surface area contributed by atoms with Gasteiger partial charge in [-0.3, -0.25) is 0 Å². The Bertz CT molecular complexity index is 287. The molecule has 151 valence electrons. The van der Waals surface area contributed by atoms with Crippen LogP contribution in [0, 0.1) is 11.8 Å². The van der Waals surface area contributed by atoms with Crippen LogP contribution in [0.15, 0.2) is 0 Å². The van der Waals surface area contributed by atoms with Crippen molar-refractivity contribution in [2.75, 3.05) is 13.1 Å². The van der Waals surface area contributed by atoms with Gasteiger partial charge in [-0.2, -0.15) is 0 Å². The quantitative estimate of drug-likeness (QED) is 0.522. The Morgan fingerprint density at radius 1 is 0.760 bits per heavy atom. The molecule has 0 aromatic carbocycles. The number of nitrogens with one attached hydrogen (secondary N) is 2. The van der Waals surface area contributed by atoms with Crippen LogP contribution in [0.4, 0.5) is 9.59 Å². The zero-order chi connectivity index (χ0) is 18.8. The van der Waals surface area contributed by atoms with Gasteiger partial charge < -0.3 is 30.4 Å². The van der Waals surface area contributed by atoms with Gasteiger partial charge in [0, 0.05) is 13.1 Å². The molecule has 1 radical (unpaired) electrons. The molecular weight excluding hydrogens is 367 g/mol. The van der Waals surface area contributed by atoms with Gasteiger partial charge in [0.2, 0.25) is 0 Å². The van der Waals surface area contributed by atoms with Crippen LogP contribution in [0.5, 0.6) is 0 Å². The summed E-state index contributed by atoms with van der Waals surface area (Å²) in [6, 6.07) is 0. The second-order valence-electron chi connectivity index (χ2n) is 6.17. The van der Waals surface area contributed by atoms with Gasteiger partial charge in [-0.1, -0.05) is 66.2 Å². The number of amides is 2. The molecular formula is C18H36CoN2O4. The molecule has 0 saturated heterocycles. The zero-order valence-corrected chi connectivity index (χ0v) is 17.2. The van der Waals surface area contributed by atoms with E-state index in [9.17, 15) is 19.8 Å². The summed E-state index contributed by atoms with van der Waals surface area (Å²) < 4.78 is 0. The summed E-state index contributed by atoms with van der Waals surface area (Å²) in [4.78, 5) is 20.1. The van der Waals surface area contributed by atoms with E-state index in [4.69, 9.17) is 0 Å². The standard InChI is InChI=1S/2C9H19NO2.Co/c2*1-3-5-6-8(4-2)7-10-9(11)12;/h2*8,10H,3-7H2,1-2H3,(H,11,12);/q;;+2/p-2. The molecule has 2 atom stereocenters. The molecule has 0 aliphatic heterocycles. The average Bonchev–Trinajstić information content (AvgIpc) is 2.55. The minimum atomic E-state index is -1.16. The third-order valence-electron chi connectivity index (χ3n) is 4.16. The predicted molar refractivity (Wildman–Crippen MR) is 93.4 cm³/mol. The van der Waals surface area contributed by atoms with E-state index in [2.05, 4.69) is 38.3 Å². The number of hydrogen-bond donors (Lipinski definition) is 2. The number of rotatable bonds is 12. The van der Waals surface area contributed by atoms with Crippen molar-refractivity contribution >= 4 is 12.2 Å². The third-order valence-corrected chi connectivity index (χ3v) is 4.16. The van der Waals surface area contributed by atoms with E-state index in [-0.39, 0.29) is 16.8 Å².